The lowest BCUT2D eigenvalue weighted by molar-refractivity contribution is -0.137. The highest BCUT2D eigenvalue weighted by molar-refractivity contribution is 5.73. The largest absolute Gasteiger partial charge is 0.481 e. The van der Waals surface area contributed by atoms with Crippen LogP contribution in [0.3, 0.4) is 0 Å². The predicted octanol–water partition coefficient (Wildman–Crippen LogP) is 3.54. The molecule has 0 fully saturated rings. The molecule has 0 aromatic carbocycles. The van der Waals surface area contributed by atoms with Crippen molar-refractivity contribution in [2.24, 2.45) is 5.92 Å². The summed E-state index contributed by atoms with van der Waals surface area (Å²) in [6, 6.07) is -0.117. The van der Waals surface area contributed by atoms with Gasteiger partial charge in [0.25, 0.3) is 0 Å². The molecule has 3 N–H and O–H groups in total. The van der Waals surface area contributed by atoms with Gasteiger partial charge in [-0.05, 0) is 25.2 Å². The number of rotatable bonds is 13. The van der Waals surface area contributed by atoms with Crippen molar-refractivity contribution in [1.82, 2.24) is 10.6 Å². The summed E-state index contributed by atoms with van der Waals surface area (Å²) in [6.45, 7) is 5.54. The molecule has 0 aromatic rings. The first-order chi connectivity index (χ1) is 10.1. The molecule has 21 heavy (non-hydrogen) atoms. The van der Waals surface area contributed by atoms with E-state index in [4.69, 9.17) is 5.11 Å². The Hall–Kier alpha value is -1.26. The van der Waals surface area contributed by atoms with Gasteiger partial charge in [-0.1, -0.05) is 46.0 Å². The lowest BCUT2D eigenvalue weighted by Gasteiger charge is -2.11. The van der Waals surface area contributed by atoms with Crippen LogP contribution in [0.2, 0.25) is 0 Å². The van der Waals surface area contributed by atoms with Crippen LogP contribution in [0, 0.1) is 5.92 Å². The van der Waals surface area contributed by atoms with Crippen LogP contribution in [-0.4, -0.2) is 30.2 Å². The average molecular weight is 300 g/mol. The van der Waals surface area contributed by atoms with E-state index in [0.29, 0.717) is 18.9 Å². The number of urea groups is 1. The summed E-state index contributed by atoms with van der Waals surface area (Å²) in [4.78, 5) is 21.9. The Morgan fingerprint density at radius 2 is 1.57 bits per heavy atom. The van der Waals surface area contributed by atoms with E-state index >= 15 is 0 Å². The molecule has 0 radical (unpaired) electrons. The van der Waals surface area contributed by atoms with Gasteiger partial charge in [0, 0.05) is 19.5 Å². The van der Waals surface area contributed by atoms with Crippen LogP contribution in [0.25, 0.3) is 0 Å². The highest BCUT2D eigenvalue weighted by Gasteiger charge is 2.06. The number of nitrogens with one attached hydrogen (secondary N) is 2. The maximum Gasteiger partial charge on any atom is 0.314 e. The Bertz CT molecular complexity index is 283. The van der Waals surface area contributed by atoms with Crippen LogP contribution in [0.15, 0.2) is 0 Å². The molecule has 0 aliphatic rings. The Morgan fingerprint density at radius 3 is 2.24 bits per heavy atom. The standard InChI is InChI=1S/C16H32N2O3/c1-3-4-5-6-7-8-12-17-16(21)18-13-11-14(2)9-10-15(19)20/h14H,3-13H2,1-2H3,(H,19,20)(H2,17,18,21). The maximum absolute atomic E-state index is 11.5. The highest BCUT2D eigenvalue weighted by atomic mass is 16.4. The molecule has 0 rings (SSSR count). The Kier molecular flexibility index (Phi) is 12.9. The number of amides is 2. The van der Waals surface area contributed by atoms with Crippen molar-refractivity contribution in [3.8, 4) is 0 Å². The first-order valence-corrected chi connectivity index (χ1v) is 8.29. The third-order valence-electron chi connectivity index (χ3n) is 3.59. The van der Waals surface area contributed by atoms with Gasteiger partial charge < -0.3 is 15.7 Å². The SMILES string of the molecule is CCCCCCCCNC(=O)NCCC(C)CCC(=O)O. The van der Waals surface area contributed by atoms with Crippen molar-refractivity contribution < 1.29 is 14.7 Å². The fourth-order valence-corrected chi connectivity index (χ4v) is 2.12. The second-order valence-electron chi connectivity index (χ2n) is 5.78. The molecule has 1 unspecified atom stereocenters. The molecule has 2 amide bonds. The van der Waals surface area contributed by atoms with Crippen LogP contribution >= 0.6 is 0 Å². The van der Waals surface area contributed by atoms with Crippen molar-refractivity contribution in [2.75, 3.05) is 13.1 Å². The first-order valence-electron chi connectivity index (χ1n) is 8.29. The van der Waals surface area contributed by atoms with E-state index in [2.05, 4.69) is 17.6 Å². The van der Waals surface area contributed by atoms with Gasteiger partial charge in [-0.15, -0.1) is 0 Å². The minimum atomic E-state index is -0.758. The number of carboxylic acid groups (broad SMARTS) is 1. The van der Waals surface area contributed by atoms with E-state index in [9.17, 15) is 9.59 Å². The molecule has 0 bridgehead atoms. The molecule has 5 heteroatoms. The summed E-state index contributed by atoms with van der Waals surface area (Å²) in [5, 5.41) is 14.3. The van der Waals surface area contributed by atoms with Gasteiger partial charge in [0.1, 0.15) is 0 Å². The zero-order valence-corrected chi connectivity index (χ0v) is 13.6. The average Bonchev–Trinajstić information content (AvgIpc) is 2.44. The smallest absolute Gasteiger partial charge is 0.314 e. The Labute approximate surface area is 128 Å². The second kappa shape index (κ2) is 13.7. The fraction of sp³-hybridized carbons (Fsp3) is 0.875. The van der Waals surface area contributed by atoms with Crippen molar-refractivity contribution in [3.63, 3.8) is 0 Å². The van der Waals surface area contributed by atoms with Crippen LogP contribution in [0.1, 0.15) is 71.6 Å². The quantitative estimate of drug-likeness (QED) is 0.455. The van der Waals surface area contributed by atoms with Gasteiger partial charge in [-0.25, -0.2) is 4.79 Å². The molecule has 0 saturated carbocycles. The zero-order chi connectivity index (χ0) is 15.9. The molecule has 0 spiro atoms. The van der Waals surface area contributed by atoms with Crippen molar-refractivity contribution in [3.05, 3.63) is 0 Å². The highest BCUT2D eigenvalue weighted by Crippen LogP contribution is 2.09. The molecule has 1 atom stereocenters. The molecule has 0 heterocycles. The summed E-state index contributed by atoms with van der Waals surface area (Å²) in [7, 11) is 0. The number of carboxylic acids is 1. The van der Waals surface area contributed by atoms with Crippen molar-refractivity contribution in [1.29, 1.82) is 0 Å². The van der Waals surface area contributed by atoms with E-state index in [1.165, 1.54) is 32.1 Å². The fourth-order valence-electron chi connectivity index (χ4n) is 2.12. The van der Waals surface area contributed by atoms with E-state index in [-0.39, 0.29) is 12.5 Å². The van der Waals surface area contributed by atoms with Crippen LogP contribution in [0.5, 0.6) is 0 Å². The van der Waals surface area contributed by atoms with E-state index in [1.807, 2.05) is 6.92 Å². The predicted molar refractivity (Wildman–Crippen MR) is 85.4 cm³/mol. The maximum atomic E-state index is 11.5. The summed E-state index contributed by atoms with van der Waals surface area (Å²) in [5.74, 6) is -0.438. The summed E-state index contributed by atoms with van der Waals surface area (Å²) in [5.41, 5.74) is 0. The first kappa shape index (κ1) is 19.7. The Balaban J connectivity index is 3.36. The molecule has 0 saturated heterocycles. The van der Waals surface area contributed by atoms with Crippen molar-refractivity contribution >= 4 is 12.0 Å². The lowest BCUT2D eigenvalue weighted by Crippen LogP contribution is -2.36. The van der Waals surface area contributed by atoms with E-state index in [1.54, 1.807) is 0 Å². The molecule has 0 aromatic heterocycles. The molecule has 0 aliphatic heterocycles. The van der Waals surface area contributed by atoms with Crippen molar-refractivity contribution in [2.45, 2.75) is 71.6 Å². The molecule has 0 aliphatic carbocycles. The number of hydrogen-bond donors (Lipinski definition) is 3. The summed E-state index contributed by atoms with van der Waals surface area (Å²) in [6.07, 6.45) is 8.98. The normalized spacial score (nSPS) is 11.9. The second-order valence-corrected chi connectivity index (χ2v) is 5.78. The van der Waals surface area contributed by atoms with E-state index in [0.717, 1.165) is 19.4 Å². The number of unbranched alkanes of at least 4 members (excludes halogenated alkanes) is 5. The number of hydrogen-bond acceptors (Lipinski definition) is 2. The molecular weight excluding hydrogens is 268 g/mol. The van der Waals surface area contributed by atoms with Gasteiger partial charge in [0.2, 0.25) is 0 Å². The third-order valence-corrected chi connectivity index (χ3v) is 3.59. The molecule has 5 nitrogen and oxygen atoms in total. The monoisotopic (exact) mass is 300 g/mol. The minimum Gasteiger partial charge on any atom is -0.481 e. The zero-order valence-electron chi connectivity index (χ0n) is 13.6. The minimum absolute atomic E-state index is 0.117. The summed E-state index contributed by atoms with van der Waals surface area (Å²) >= 11 is 0. The van der Waals surface area contributed by atoms with Gasteiger partial charge in [-0.3, -0.25) is 4.79 Å². The van der Waals surface area contributed by atoms with Crippen LogP contribution in [-0.2, 0) is 4.79 Å². The lowest BCUT2D eigenvalue weighted by atomic mass is 10.0. The topological polar surface area (TPSA) is 78.4 Å². The van der Waals surface area contributed by atoms with Gasteiger partial charge in [-0.2, -0.15) is 0 Å². The van der Waals surface area contributed by atoms with Gasteiger partial charge in [0.15, 0.2) is 0 Å². The van der Waals surface area contributed by atoms with Crippen LogP contribution < -0.4 is 10.6 Å². The Morgan fingerprint density at radius 1 is 0.952 bits per heavy atom. The van der Waals surface area contributed by atoms with Crippen LogP contribution in [0.4, 0.5) is 4.79 Å². The molecule has 124 valence electrons. The number of aliphatic carboxylic acids is 1. The third kappa shape index (κ3) is 15.0. The number of carbonyl (C=O) groups is 2. The molecular formula is C16H32N2O3. The summed E-state index contributed by atoms with van der Waals surface area (Å²) < 4.78 is 0. The van der Waals surface area contributed by atoms with Gasteiger partial charge >= 0.3 is 12.0 Å². The van der Waals surface area contributed by atoms with E-state index < -0.39 is 5.97 Å². The number of carbonyl (C=O) groups excluding carboxylic acids is 1. The van der Waals surface area contributed by atoms with Gasteiger partial charge in [0.05, 0.1) is 0 Å².